The van der Waals surface area contributed by atoms with E-state index in [0.717, 1.165) is 15.9 Å². The molecule has 0 radical (unpaired) electrons. The normalized spacial score (nSPS) is 11.9. The van der Waals surface area contributed by atoms with Gasteiger partial charge in [0, 0.05) is 16.6 Å². The molecule has 1 atom stereocenters. The zero-order valence-corrected chi connectivity index (χ0v) is 12.6. The van der Waals surface area contributed by atoms with E-state index in [1.54, 1.807) is 7.11 Å². The maximum absolute atomic E-state index is 5.97. The number of anilines is 2. The molecule has 1 unspecified atom stereocenters. The van der Waals surface area contributed by atoms with Gasteiger partial charge in [-0.1, -0.05) is 28.1 Å². The van der Waals surface area contributed by atoms with Crippen molar-refractivity contribution in [2.45, 2.75) is 13.0 Å². The van der Waals surface area contributed by atoms with Gasteiger partial charge in [-0.3, -0.25) is 0 Å². The second kappa shape index (κ2) is 5.97. The van der Waals surface area contributed by atoms with Crippen LogP contribution in [-0.2, 0) is 0 Å². The molecule has 0 saturated carbocycles. The summed E-state index contributed by atoms with van der Waals surface area (Å²) in [7, 11) is 1.65. The molecule has 0 spiro atoms. The van der Waals surface area contributed by atoms with Gasteiger partial charge in [0.1, 0.15) is 5.75 Å². The van der Waals surface area contributed by atoms with Crippen LogP contribution in [-0.4, -0.2) is 7.11 Å². The van der Waals surface area contributed by atoms with Gasteiger partial charge in [-0.15, -0.1) is 0 Å². The lowest BCUT2D eigenvalue weighted by Gasteiger charge is -2.18. The highest BCUT2D eigenvalue weighted by Crippen LogP contribution is 2.28. The number of hydrogen-bond donors (Lipinski definition) is 2. The van der Waals surface area contributed by atoms with Gasteiger partial charge in [0.25, 0.3) is 0 Å². The minimum atomic E-state index is 0.159. The third-order valence-electron chi connectivity index (χ3n) is 2.98. The molecule has 2 aromatic carbocycles. The van der Waals surface area contributed by atoms with Crippen LogP contribution in [0, 0.1) is 0 Å². The summed E-state index contributed by atoms with van der Waals surface area (Å²) in [4.78, 5) is 0. The molecule has 100 valence electrons. The van der Waals surface area contributed by atoms with Crippen molar-refractivity contribution < 1.29 is 4.74 Å². The maximum atomic E-state index is 5.97. The highest BCUT2D eigenvalue weighted by Gasteiger charge is 2.08. The number of rotatable bonds is 4. The molecule has 0 fully saturated rings. The van der Waals surface area contributed by atoms with Crippen molar-refractivity contribution in [3.8, 4) is 5.75 Å². The van der Waals surface area contributed by atoms with Gasteiger partial charge in [0.15, 0.2) is 0 Å². The van der Waals surface area contributed by atoms with Crippen LogP contribution in [0.25, 0.3) is 0 Å². The predicted octanol–water partition coefficient (Wildman–Crippen LogP) is 4.21. The van der Waals surface area contributed by atoms with Crippen LogP contribution in [0.4, 0.5) is 11.4 Å². The van der Waals surface area contributed by atoms with Gasteiger partial charge >= 0.3 is 0 Å². The Balaban J connectivity index is 2.21. The number of hydrogen-bond acceptors (Lipinski definition) is 3. The molecule has 2 rings (SSSR count). The average molecular weight is 321 g/mol. The van der Waals surface area contributed by atoms with Crippen LogP contribution in [0.3, 0.4) is 0 Å². The first-order valence-corrected chi connectivity index (χ1v) is 6.85. The fourth-order valence-corrected chi connectivity index (χ4v) is 2.30. The summed E-state index contributed by atoms with van der Waals surface area (Å²) < 4.78 is 6.28. The van der Waals surface area contributed by atoms with Crippen LogP contribution in [0.2, 0.25) is 0 Å². The van der Waals surface area contributed by atoms with E-state index in [2.05, 4.69) is 40.3 Å². The Kier molecular flexibility index (Phi) is 4.32. The number of benzene rings is 2. The van der Waals surface area contributed by atoms with Crippen molar-refractivity contribution in [1.82, 2.24) is 0 Å². The van der Waals surface area contributed by atoms with Gasteiger partial charge in [0.2, 0.25) is 0 Å². The summed E-state index contributed by atoms with van der Waals surface area (Å²) in [5.74, 6) is 0.790. The molecular formula is C15H17BrN2O. The summed E-state index contributed by atoms with van der Waals surface area (Å²) in [5.41, 5.74) is 8.76. The highest BCUT2D eigenvalue weighted by atomic mass is 79.9. The third kappa shape index (κ3) is 3.41. The Hall–Kier alpha value is -1.68. The first kappa shape index (κ1) is 13.7. The second-order valence-electron chi connectivity index (χ2n) is 4.37. The van der Waals surface area contributed by atoms with E-state index in [0.29, 0.717) is 5.69 Å². The van der Waals surface area contributed by atoms with Gasteiger partial charge in [0.05, 0.1) is 18.5 Å². The van der Waals surface area contributed by atoms with Gasteiger partial charge in [-0.2, -0.15) is 0 Å². The Bertz CT molecular complexity index is 572. The summed E-state index contributed by atoms with van der Waals surface area (Å²) in [6, 6.07) is 14.0. The molecule has 0 aliphatic heterocycles. The van der Waals surface area contributed by atoms with E-state index in [1.807, 2.05) is 30.3 Å². The van der Waals surface area contributed by atoms with E-state index in [1.165, 1.54) is 5.56 Å². The van der Waals surface area contributed by atoms with Gasteiger partial charge in [-0.05, 0) is 36.8 Å². The minimum Gasteiger partial charge on any atom is -0.497 e. The van der Waals surface area contributed by atoms with Crippen molar-refractivity contribution in [2.75, 3.05) is 18.2 Å². The fourth-order valence-electron chi connectivity index (χ4n) is 1.88. The van der Waals surface area contributed by atoms with Crippen LogP contribution in [0.15, 0.2) is 46.9 Å². The molecule has 0 aliphatic rings. The predicted molar refractivity (Wildman–Crippen MR) is 83.6 cm³/mol. The molecule has 0 aliphatic carbocycles. The number of methoxy groups -OCH3 is 1. The van der Waals surface area contributed by atoms with Crippen LogP contribution < -0.4 is 15.8 Å². The van der Waals surface area contributed by atoms with Crippen LogP contribution in [0.1, 0.15) is 18.5 Å². The molecule has 3 nitrogen and oxygen atoms in total. The van der Waals surface area contributed by atoms with E-state index in [-0.39, 0.29) is 6.04 Å². The second-order valence-corrected chi connectivity index (χ2v) is 5.29. The Morgan fingerprint density at radius 1 is 1.21 bits per heavy atom. The lowest BCUT2D eigenvalue weighted by molar-refractivity contribution is 0.415. The van der Waals surface area contributed by atoms with Crippen molar-refractivity contribution in [2.24, 2.45) is 0 Å². The molecule has 4 heteroatoms. The topological polar surface area (TPSA) is 47.3 Å². The van der Waals surface area contributed by atoms with E-state index in [4.69, 9.17) is 10.5 Å². The molecule has 0 amide bonds. The standard InChI is InChI=1S/C15H17BrN2O/c1-10(11-4-3-5-12(16)8-11)18-15-9-13(19-2)6-7-14(15)17/h3-10,18H,17H2,1-2H3. The zero-order chi connectivity index (χ0) is 13.8. The summed E-state index contributed by atoms with van der Waals surface area (Å²) >= 11 is 3.48. The quantitative estimate of drug-likeness (QED) is 0.829. The van der Waals surface area contributed by atoms with Gasteiger partial charge < -0.3 is 15.8 Å². The molecule has 0 bridgehead atoms. The molecule has 19 heavy (non-hydrogen) atoms. The summed E-state index contributed by atoms with van der Waals surface area (Å²) in [5, 5.41) is 3.40. The van der Waals surface area contributed by atoms with Crippen molar-refractivity contribution >= 4 is 27.3 Å². The number of nitrogens with one attached hydrogen (secondary N) is 1. The zero-order valence-electron chi connectivity index (χ0n) is 11.0. The first-order valence-electron chi connectivity index (χ1n) is 6.05. The monoisotopic (exact) mass is 320 g/mol. The van der Waals surface area contributed by atoms with Crippen LogP contribution in [0.5, 0.6) is 5.75 Å². The smallest absolute Gasteiger partial charge is 0.121 e. The van der Waals surface area contributed by atoms with E-state index < -0.39 is 0 Å². The Morgan fingerprint density at radius 2 is 2.00 bits per heavy atom. The minimum absolute atomic E-state index is 0.159. The van der Waals surface area contributed by atoms with Crippen molar-refractivity contribution in [1.29, 1.82) is 0 Å². The number of ether oxygens (including phenoxy) is 1. The molecule has 0 heterocycles. The lowest BCUT2D eigenvalue weighted by Crippen LogP contribution is -2.08. The molecule has 0 saturated heterocycles. The number of nitrogens with two attached hydrogens (primary N) is 1. The summed E-state index contributed by atoms with van der Waals surface area (Å²) in [6.45, 7) is 2.10. The molecule has 2 aromatic rings. The number of halogens is 1. The Morgan fingerprint density at radius 3 is 2.68 bits per heavy atom. The molecule has 0 aromatic heterocycles. The SMILES string of the molecule is COc1ccc(N)c(NC(C)c2cccc(Br)c2)c1. The van der Waals surface area contributed by atoms with Crippen molar-refractivity contribution in [3.05, 3.63) is 52.5 Å². The first-order chi connectivity index (χ1) is 9.10. The average Bonchev–Trinajstić information content (AvgIpc) is 2.41. The Labute approximate surface area is 121 Å². The highest BCUT2D eigenvalue weighted by molar-refractivity contribution is 9.10. The largest absolute Gasteiger partial charge is 0.497 e. The number of nitrogen functional groups attached to an aromatic ring is 1. The van der Waals surface area contributed by atoms with Crippen molar-refractivity contribution in [3.63, 3.8) is 0 Å². The lowest BCUT2D eigenvalue weighted by atomic mass is 10.1. The van der Waals surface area contributed by atoms with Gasteiger partial charge in [-0.25, -0.2) is 0 Å². The van der Waals surface area contributed by atoms with Crippen LogP contribution >= 0.6 is 15.9 Å². The fraction of sp³-hybridized carbons (Fsp3) is 0.200. The van der Waals surface area contributed by atoms with E-state index in [9.17, 15) is 0 Å². The molecule has 3 N–H and O–H groups in total. The maximum Gasteiger partial charge on any atom is 0.121 e. The third-order valence-corrected chi connectivity index (χ3v) is 3.47. The van der Waals surface area contributed by atoms with E-state index >= 15 is 0 Å². The molecular weight excluding hydrogens is 304 g/mol. The summed E-state index contributed by atoms with van der Waals surface area (Å²) in [6.07, 6.45) is 0.